The maximum Gasteiger partial charge on any atom is 0.264 e. The Morgan fingerprint density at radius 1 is 0.925 bits per heavy atom. The number of carbonyl (C=O) groups is 2. The lowest BCUT2D eigenvalue weighted by molar-refractivity contribution is -0.140. The van der Waals surface area contributed by atoms with Crippen molar-refractivity contribution < 1.29 is 18.0 Å². The van der Waals surface area contributed by atoms with Crippen molar-refractivity contribution in [3.63, 3.8) is 0 Å². The average Bonchev–Trinajstić information content (AvgIpc) is 3.53. The highest BCUT2D eigenvalue weighted by atomic mass is 32.2. The van der Waals surface area contributed by atoms with E-state index in [2.05, 4.69) is 11.5 Å². The molecule has 3 aliphatic heterocycles. The lowest BCUT2D eigenvalue weighted by Crippen LogP contribution is -2.39. The van der Waals surface area contributed by atoms with E-state index in [-0.39, 0.29) is 41.8 Å². The molecule has 0 aliphatic carbocycles. The van der Waals surface area contributed by atoms with Crippen LogP contribution >= 0.6 is 0 Å². The van der Waals surface area contributed by atoms with Gasteiger partial charge in [0.1, 0.15) is 0 Å². The summed E-state index contributed by atoms with van der Waals surface area (Å²) in [5, 5.41) is 0. The van der Waals surface area contributed by atoms with Crippen molar-refractivity contribution in [3.8, 4) is 0 Å². The molecule has 3 aromatic rings. The fourth-order valence-corrected chi connectivity index (χ4v) is 8.56. The SMILES string of the molecule is C=C(CN1C(=O)[C@H]2[C@H](CN(C)[C@@H]2c2ccccc2)C1=O)C[C@@]1(C)CN(S(=O)(=O)c2ccccc2)c2ccccc21. The summed E-state index contributed by atoms with van der Waals surface area (Å²) in [4.78, 5) is 30.9. The standard InChI is InChI=1S/C32H33N3O4S/c1-22(19-34-30(36)25-20-33(3)29(28(25)31(34)37)23-12-6-4-7-13-23)18-32(2)21-35(27-17-11-10-16-26(27)32)40(38,39)24-14-8-5-9-15-24/h4-17,25,28-29H,1,18-21H2,2-3H3/t25-,28-,29+,32-/m0/s1. The molecule has 2 amide bonds. The molecule has 7 nitrogen and oxygen atoms in total. The van der Waals surface area contributed by atoms with Gasteiger partial charge in [0.25, 0.3) is 10.0 Å². The molecule has 0 bridgehead atoms. The molecule has 0 radical (unpaired) electrons. The Labute approximate surface area is 235 Å². The van der Waals surface area contributed by atoms with Crippen molar-refractivity contribution in [2.45, 2.75) is 29.7 Å². The maximum absolute atomic E-state index is 13.7. The molecule has 6 rings (SSSR count). The number of nitrogens with zero attached hydrogens (tertiary/aromatic N) is 3. The van der Waals surface area contributed by atoms with Crippen molar-refractivity contribution in [1.82, 2.24) is 9.80 Å². The second kappa shape index (κ2) is 9.71. The van der Waals surface area contributed by atoms with Crippen LogP contribution in [0.15, 0.2) is 102 Å². The minimum absolute atomic E-state index is 0.138. The first-order valence-electron chi connectivity index (χ1n) is 13.6. The first-order chi connectivity index (χ1) is 19.1. The van der Waals surface area contributed by atoms with Gasteiger partial charge in [0.05, 0.1) is 22.4 Å². The minimum Gasteiger partial charge on any atom is -0.298 e. The summed E-state index contributed by atoms with van der Waals surface area (Å²) >= 11 is 0. The van der Waals surface area contributed by atoms with E-state index in [0.29, 0.717) is 18.7 Å². The predicted octanol–water partition coefficient (Wildman–Crippen LogP) is 4.39. The van der Waals surface area contributed by atoms with Crippen LogP contribution in [0.3, 0.4) is 0 Å². The third kappa shape index (κ3) is 4.17. The van der Waals surface area contributed by atoms with E-state index in [1.165, 1.54) is 9.21 Å². The molecule has 8 heteroatoms. The molecule has 4 atom stereocenters. The monoisotopic (exact) mass is 555 g/mol. The number of sulfonamides is 1. The van der Waals surface area contributed by atoms with Gasteiger partial charge >= 0.3 is 0 Å². The number of para-hydroxylation sites is 1. The van der Waals surface area contributed by atoms with Gasteiger partial charge in [-0.15, -0.1) is 0 Å². The Morgan fingerprint density at radius 2 is 1.55 bits per heavy atom. The zero-order valence-electron chi connectivity index (χ0n) is 22.7. The van der Waals surface area contributed by atoms with E-state index in [1.807, 2.05) is 68.6 Å². The number of fused-ring (bicyclic) bond motifs is 2. The largest absolute Gasteiger partial charge is 0.298 e. The van der Waals surface area contributed by atoms with Crippen LogP contribution in [-0.4, -0.2) is 56.7 Å². The van der Waals surface area contributed by atoms with Crippen LogP contribution in [0.5, 0.6) is 0 Å². The molecule has 40 heavy (non-hydrogen) atoms. The molecular formula is C32H33N3O4S. The zero-order valence-corrected chi connectivity index (χ0v) is 23.5. The number of amides is 2. The molecule has 3 aromatic carbocycles. The van der Waals surface area contributed by atoms with Crippen molar-refractivity contribution >= 4 is 27.5 Å². The summed E-state index contributed by atoms with van der Waals surface area (Å²) in [6.45, 7) is 7.23. The molecule has 0 spiro atoms. The average molecular weight is 556 g/mol. The topological polar surface area (TPSA) is 78.0 Å². The third-order valence-electron chi connectivity index (χ3n) is 8.68. The molecule has 0 unspecified atom stereocenters. The van der Waals surface area contributed by atoms with Gasteiger partial charge in [-0.25, -0.2) is 8.42 Å². The summed E-state index contributed by atoms with van der Waals surface area (Å²) in [7, 11) is -1.80. The predicted molar refractivity (Wildman–Crippen MR) is 154 cm³/mol. The summed E-state index contributed by atoms with van der Waals surface area (Å²) in [5.41, 5.74) is 2.76. The Bertz CT molecular complexity index is 1590. The number of anilines is 1. The second-order valence-electron chi connectivity index (χ2n) is 11.5. The zero-order chi connectivity index (χ0) is 28.2. The number of hydrogen-bond acceptors (Lipinski definition) is 5. The number of hydrogen-bond donors (Lipinski definition) is 0. The van der Waals surface area contributed by atoms with E-state index >= 15 is 0 Å². The fourth-order valence-electron chi connectivity index (χ4n) is 6.93. The lowest BCUT2D eigenvalue weighted by atomic mass is 9.79. The van der Waals surface area contributed by atoms with E-state index in [0.717, 1.165) is 16.7 Å². The van der Waals surface area contributed by atoms with Crippen LogP contribution in [-0.2, 0) is 25.0 Å². The van der Waals surface area contributed by atoms with Gasteiger partial charge in [-0.3, -0.25) is 23.7 Å². The number of imide groups is 1. The van der Waals surface area contributed by atoms with Crippen molar-refractivity contribution in [1.29, 1.82) is 0 Å². The van der Waals surface area contributed by atoms with Crippen molar-refractivity contribution in [3.05, 3.63) is 108 Å². The molecule has 2 fully saturated rings. The van der Waals surface area contributed by atoms with Gasteiger partial charge in [-0.1, -0.05) is 85.8 Å². The van der Waals surface area contributed by atoms with Crippen LogP contribution in [0.2, 0.25) is 0 Å². The molecule has 0 saturated carbocycles. The first kappa shape index (κ1) is 26.5. The summed E-state index contributed by atoms with van der Waals surface area (Å²) in [6, 6.07) is 25.7. The van der Waals surface area contributed by atoms with Gasteiger partial charge in [0.2, 0.25) is 11.8 Å². The fraction of sp³-hybridized carbons (Fsp3) is 0.312. The Kier molecular flexibility index (Phi) is 6.43. The van der Waals surface area contributed by atoms with Gasteiger partial charge in [-0.2, -0.15) is 0 Å². The normalized spacial score (nSPS) is 26.3. The van der Waals surface area contributed by atoms with Crippen LogP contribution in [0.4, 0.5) is 5.69 Å². The van der Waals surface area contributed by atoms with Crippen LogP contribution < -0.4 is 4.31 Å². The quantitative estimate of drug-likeness (QED) is 0.319. The summed E-state index contributed by atoms with van der Waals surface area (Å²) < 4.78 is 28.7. The van der Waals surface area contributed by atoms with Crippen LogP contribution in [0.25, 0.3) is 0 Å². The van der Waals surface area contributed by atoms with E-state index in [4.69, 9.17) is 0 Å². The Balaban J connectivity index is 1.22. The maximum atomic E-state index is 13.7. The number of carbonyl (C=O) groups excluding carboxylic acids is 2. The van der Waals surface area contributed by atoms with Crippen molar-refractivity contribution in [2.24, 2.45) is 11.8 Å². The van der Waals surface area contributed by atoms with Gasteiger partial charge in [-0.05, 0) is 42.8 Å². The highest BCUT2D eigenvalue weighted by Crippen LogP contribution is 2.48. The molecule has 0 N–H and O–H groups in total. The highest BCUT2D eigenvalue weighted by molar-refractivity contribution is 7.92. The van der Waals surface area contributed by atoms with Crippen LogP contribution in [0.1, 0.15) is 30.5 Å². The molecule has 0 aromatic heterocycles. The van der Waals surface area contributed by atoms with Gasteiger partial charge < -0.3 is 0 Å². The van der Waals surface area contributed by atoms with Gasteiger partial charge in [0.15, 0.2) is 0 Å². The highest BCUT2D eigenvalue weighted by Gasteiger charge is 2.57. The smallest absolute Gasteiger partial charge is 0.264 e. The molecule has 3 aliphatic rings. The molecule has 206 valence electrons. The second-order valence-corrected chi connectivity index (χ2v) is 13.4. The number of rotatable bonds is 7. The molecular weight excluding hydrogens is 522 g/mol. The van der Waals surface area contributed by atoms with Crippen LogP contribution in [0, 0.1) is 11.8 Å². The van der Waals surface area contributed by atoms with E-state index in [9.17, 15) is 18.0 Å². The Morgan fingerprint density at radius 3 is 2.25 bits per heavy atom. The number of benzene rings is 3. The lowest BCUT2D eigenvalue weighted by Gasteiger charge is -2.29. The summed E-state index contributed by atoms with van der Waals surface area (Å²) in [5.74, 6) is -1.09. The summed E-state index contributed by atoms with van der Waals surface area (Å²) in [6.07, 6.45) is 0.444. The Hall–Kier alpha value is -3.75. The number of likely N-dealkylation sites (tertiary alicyclic amines) is 2. The van der Waals surface area contributed by atoms with E-state index in [1.54, 1.807) is 30.3 Å². The molecule has 3 heterocycles. The van der Waals surface area contributed by atoms with Crippen molar-refractivity contribution in [2.75, 3.05) is 31.0 Å². The van der Waals surface area contributed by atoms with Gasteiger partial charge in [0, 0.05) is 31.1 Å². The van der Waals surface area contributed by atoms with E-state index < -0.39 is 21.4 Å². The third-order valence-corrected chi connectivity index (χ3v) is 10.5. The minimum atomic E-state index is -3.77. The molecule has 2 saturated heterocycles. The first-order valence-corrected chi connectivity index (χ1v) is 15.0.